The Kier molecular flexibility index (Phi) is 5.98. The third kappa shape index (κ3) is 3.95. The number of hydrogen-bond donors (Lipinski definition) is 0. The van der Waals surface area contributed by atoms with Crippen LogP contribution in [-0.4, -0.2) is 34.0 Å². The first-order valence-electron chi connectivity index (χ1n) is 6.92. The predicted molar refractivity (Wildman–Crippen MR) is 94.7 cm³/mol. The molecule has 0 aliphatic carbocycles. The Labute approximate surface area is 151 Å². The molecule has 24 heavy (non-hydrogen) atoms. The van der Waals surface area contributed by atoms with Crippen molar-refractivity contribution in [1.29, 1.82) is 0 Å². The first-order chi connectivity index (χ1) is 11.3. The highest BCUT2D eigenvalue weighted by Gasteiger charge is 2.25. The van der Waals surface area contributed by atoms with Crippen molar-refractivity contribution in [3.63, 3.8) is 0 Å². The van der Waals surface area contributed by atoms with Gasteiger partial charge in [0.05, 0.1) is 24.3 Å². The third-order valence-electron chi connectivity index (χ3n) is 3.45. The molecule has 5 nitrogen and oxygen atoms in total. The second-order valence-corrected chi connectivity index (χ2v) is 7.85. The quantitative estimate of drug-likeness (QED) is 0.752. The smallest absolute Gasteiger partial charge is 0.246 e. The summed E-state index contributed by atoms with van der Waals surface area (Å²) in [5, 5.41) is 0.791. The molecule has 0 atom stereocenters. The molecule has 0 unspecified atom stereocenters. The summed E-state index contributed by atoms with van der Waals surface area (Å²) in [5.74, 6) is 0.675. The van der Waals surface area contributed by atoms with Gasteiger partial charge in [0.1, 0.15) is 16.4 Å². The summed E-state index contributed by atoms with van der Waals surface area (Å²) in [6, 6.07) is 9.61. The van der Waals surface area contributed by atoms with Crippen LogP contribution in [0.15, 0.2) is 41.3 Å². The number of benzene rings is 2. The first-order valence-corrected chi connectivity index (χ1v) is 9.11. The molecule has 0 radical (unpaired) electrons. The zero-order valence-corrected chi connectivity index (χ0v) is 15.7. The van der Waals surface area contributed by atoms with Gasteiger partial charge < -0.3 is 9.47 Å². The van der Waals surface area contributed by atoms with E-state index < -0.39 is 10.0 Å². The van der Waals surface area contributed by atoms with Gasteiger partial charge in [-0.25, -0.2) is 8.42 Å². The topological polar surface area (TPSA) is 55.8 Å². The van der Waals surface area contributed by atoms with Crippen LogP contribution in [0, 0.1) is 0 Å². The molecule has 130 valence electrons. The molecular formula is C16H17Cl2NO4S. The summed E-state index contributed by atoms with van der Waals surface area (Å²) in [5.41, 5.74) is 0.720. The molecule has 2 aromatic carbocycles. The van der Waals surface area contributed by atoms with Gasteiger partial charge in [-0.15, -0.1) is 0 Å². The van der Waals surface area contributed by atoms with Gasteiger partial charge >= 0.3 is 0 Å². The molecule has 0 aliphatic rings. The molecule has 2 rings (SSSR count). The fraction of sp³-hybridized carbons (Fsp3) is 0.250. The summed E-state index contributed by atoms with van der Waals surface area (Å²) in [6.45, 7) is 0.138. The summed E-state index contributed by atoms with van der Waals surface area (Å²) >= 11 is 11.9. The summed E-state index contributed by atoms with van der Waals surface area (Å²) in [4.78, 5) is 0.0342. The molecule has 8 heteroatoms. The van der Waals surface area contributed by atoms with Gasteiger partial charge in [-0.3, -0.25) is 0 Å². The van der Waals surface area contributed by atoms with Crippen molar-refractivity contribution < 1.29 is 17.9 Å². The second-order valence-electron chi connectivity index (χ2n) is 5.03. The minimum absolute atomic E-state index is 0.0342. The average molecular weight is 390 g/mol. The Hall–Kier alpha value is -1.47. The van der Waals surface area contributed by atoms with E-state index in [1.165, 1.54) is 31.6 Å². The van der Waals surface area contributed by atoms with Crippen LogP contribution in [0.1, 0.15) is 5.56 Å². The molecule has 2 aromatic rings. The van der Waals surface area contributed by atoms with Gasteiger partial charge in [0.2, 0.25) is 10.0 Å². The number of methoxy groups -OCH3 is 2. The van der Waals surface area contributed by atoms with Crippen LogP contribution < -0.4 is 9.47 Å². The number of halogens is 2. The van der Waals surface area contributed by atoms with Crippen LogP contribution in [0.5, 0.6) is 11.5 Å². The van der Waals surface area contributed by atoms with Crippen molar-refractivity contribution in [3.8, 4) is 11.5 Å². The first kappa shape index (κ1) is 18.9. The summed E-state index contributed by atoms with van der Waals surface area (Å²) in [7, 11) is 0.586. The maximum atomic E-state index is 12.9. The molecule has 0 fully saturated rings. The lowest BCUT2D eigenvalue weighted by Gasteiger charge is -2.19. The summed E-state index contributed by atoms with van der Waals surface area (Å²) in [6.07, 6.45) is 0. The van der Waals surface area contributed by atoms with Crippen LogP contribution in [-0.2, 0) is 16.6 Å². The van der Waals surface area contributed by atoms with Gasteiger partial charge in [-0.1, -0.05) is 29.3 Å². The van der Waals surface area contributed by atoms with Crippen molar-refractivity contribution in [2.45, 2.75) is 11.4 Å². The SMILES string of the molecule is COc1ccc(OC)c(S(=O)(=O)N(C)Cc2ccc(Cl)c(Cl)c2)c1. The minimum Gasteiger partial charge on any atom is -0.497 e. The lowest BCUT2D eigenvalue weighted by atomic mass is 10.2. The Morgan fingerprint density at radius 2 is 1.71 bits per heavy atom. The highest BCUT2D eigenvalue weighted by atomic mass is 35.5. The Bertz CT molecular complexity index is 840. The molecule has 0 spiro atoms. The zero-order chi connectivity index (χ0) is 17.9. The standard InChI is InChI=1S/C16H17Cl2NO4S/c1-19(10-11-4-6-13(17)14(18)8-11)24(20,21)16-9-12(22-2)5-7-15(16)23-3/h4-9H,10H2,1-3H3. The van der Waals surface area contributed by atoms with Gasteiger partial charge in [-0.2, -0.15) is 4.31 Å². The van der Waals surface area contributed by atoms with Gasteiger partial charge in [0.25, 0.3) is 0 Å². The Morgan fingerprint density at radius 3 is 2.29 bits per heavy atom. The van der Waals surface area contributed by atoms with Crippen LogP contribution in [0.2, 0.25) is 10.0 Å². The summed E-state index contributed by atoms with van der Waals surface area (Å²) < 4.78 is 37.2. The second kappa shape index (κ2) is 7.61. The largest absolute Gasteiger partial charge is 0.497 e. The fourth-order valence-electron chi connectivity index (χ4n) is 2.13. The van der Waals surface area contributed by atoms with Crippen molar-refractivity contribution in [3.05, 3.63) is 52.0 Å². The molecule has 0 saturated carbocycles. The Morgan fingerprint density at radius 1 is 1.00 bits per heavy atom. The number of hydrogen-bond acceptors (Lipinski definition) is 4. The van der Waals surface area contributed by atoms with Gasteiger partial charge in [-0.05, 0) is 29.8 Å². The van der Waals surface area contributed by atoms with Crippen molar-refractivity contribution >= 4 is 33.2 Å². The lowest BCUT2D eigenvalue weighted by Crippen LogP contribution is -2.27. The maximum absolute atomic E-state index is 12.9. The van der Waals surface area contributed by atoms with Crippen LogP contribution >= 0.6 is 23.2 Å². The number of ether oxygens (including phenoxy) is 2. The van der Waals surface area contributed by atoms with Gasteiger partial charge in [0.15, 0.2) is 0 Å². The van der Waals surface area contributed by atoms with Crippen LogP contribution in [0.4, 0.5) is 0 Å². The fourth-order valence-corrected chi connectivity index (χ4v) is 3.78. The highest BCUT2D eigenvalue weighted by molar-refractivity contribution is 7.89. The lowest BCUT2D eigenvalue weighted by molar-refractivity contribution is 0.388. The molecule has 0 aromatic heterocycles. The van der Waals surface area contributed by atoms with Crippen LogP contribution in [0.25, 0.3) is 0 Å². The Balaban J connectivity index is 2.36. The molecule has 0 aliphatic heterocycles. The van der Waals surface area contributed by atoms with Crippen LogP contribution in [0.3, 0.4) is 0 Å². The molecule has 0 heterocycles. The van der Waals surface area contributed by atoms with E-state index in [1.54, 1.807) is 30.3 Å². The van der Waals surface area contributed by atoms with Crippen molar-refractivity contribution in [1.82, 2.24) is 4.31 Å². The predicted octanol–water partition coefficient (Wildman–Crippen LogP) is 3.83. The molecule has 0 amide bonds. The number of sulfonamides is 1. The van der Waals surface area contributed by atoms with Crippen molar-refractivity contribution in [2.75, 3.05) is 21.3 Å². The van der Waals surface area contributed by atoms with E-state index in [0.717, 1.165) is 5.56 Å². The maximum Gasteiger partial charge on any atom is 0.246 e. The zero-order valence-electron chi connectivity index (χ0n) is 13.4. The highest BCUT2D eigenvalue weighted by Crippen LogP contribution is 2.31. The molecular weight excluding hydrogens is 373 g/mol. The average Bonchev–Trinajstić information content (AvgIpc) is 2.57. The molecule has 0 N–H and O–H groups in total. The van der Waals surface area contributed by atoms with Gasteiger partial charge in [0, 0.05) is 19.7 Å². The van der Waals surface area contributed by atoms with Crippen molar-refractivity contribution in [2.24, 2.45) is 0 Å². The van der Waals surface area contributed by atoms with E-state index in [4.69, 9.17) is 32.7 Å². The molecule has 0 bridgehead atoms. The van der Waals surface area contributed by atoms with E-state index in [2.05, 4.69) is 0 Å². The third-order valence-corrected chi connectivity index (χ3v) is 6.01. The normalized spacial score (nSPS) is 11.6. The van der Waals surface area contributed by atoms with E-state index in [1.807, 2.05) is 0 Å². The molecule has 0 saturated heterocycles. The van der Waals surface area contributed by atoms with E-state index in [0.29, 0.717) is 15.8 Å². The number of rotatable bonds is 6. The van der Waals surface area contributed by atoms with E-state index in [9.17, 15) is 8.42 Å². The minimum atomic E-state index is -3.78. The van der Waals surface area contributed by atoms with E-state index in [-0.39, 0.29) is 17.2 Å². The monoisotopic (exact) mass is 389 g/mol. The number of nitrogens with zero attached hydrogens (tertiary/aromatic N) is 1. The van der Waals surface area contributed by atoms with E-state index >= 15 is 0 Å².